The molecule has 12 rings (SSSR count). The molecule has 8 aromatic carbocycles. The fraction of sp³-hybridized carbons (Fsp3) is 0.0182. The minimum Gasteiger partial charge on any atom is -0.455 e. The molecular formula is C55H34N2OS. The lowest BCUT2D eigenvalue weighted by Gasteiger charge is -2.33. The topological polar surface area (TPSA) is 38.9 Å². The first kappa shape index (κ1) is 33.7. The first-order valence-electron chi connectivity index (χ1n) is 20.0. The van der Waals surface area contributed by atoms with Crippen molar-refractivity contribution in [2.24, 2.45) is 0 Å². The molecule has 3 aromatic heterocycles. The van der Waals surface area contributed by atoms with E-state index in [-0.39, 0.29) is 0 Å². The van der Waals surface area contributed by atoms with Crippen LogP contribution in [0.2, 0.25) is 0 Å². The van der Waals surface area contributed by atoms with Crippen LogP contribution in [0.5, 0.6) is 0 Å². The smallest absolute Gasteiger partial charge is 0.164 e. The Morgan fingerprint density at radius 2 is 1.05 bits per heavy atom. The van der Waals surface area contributed by atoms with Crippen molar-refractivity contribution in [3.8, 4) is 55.5 Å². The summed E-state index contributed by atoms with van der Waals surface area (Å²) in [6.07, 6.45) is 0. The first-order valence-corrected chi connectivity index (χ1v) is 20.8. The van der Waals surface area contributed by atoms with E-state index in [2.05, 4.69) is 194 Å². The van der Waals surface area contributed by atoms with Gasteiger partial charge in [-0.05, 0) is 74.7 Å². The summed E-state index contributed by atoms with van der Waals surface area (Å²) >= 11 is 1.82. The number of para-hydroxylation sites is 2. The van der Waals surface area contributed by atoms with Gasteiger partial charge in [0.05, 0.1) is 22.4 Å². The molecule has 0 bridgehead atoms. The Kier molecular flexibility index (Phi) is 7.62. The number of furan rings is 1. The van der Waals surface area contributed by atoms with Crippen LogP contribution in [0.1, 0.15) is 22.3 Å². The van der Waals surface area contributed by atoms with Gasteiger partial charge in [-0.25, -0.2) is 9.97 Å². The Bertz CT molecular complexity index is 3310. The van der Waals surface area contributed by atoms with Crippen LogP contribution in [0.15, 0.2) is 211 Å². The molecule has 0 radical (unpaired) electrons. The molecule has 0 fully saturated rings. The largest absolute Gasteiger partial charge is 0.455 e. The predicted molar refractivity (Wildman–Crippen MR) is 244 cm³/mol. The number of hydrogen-bond acceptors (Lipinski definition) is 4. The fourth-order valence-electron chi connectivity index (χ4n) is 9.41. The second-order valence-electron chi connectivity index (χ2n) is 15.2. The van der Waals surface area contributed by atoms with Crippen molar-refractivity contribution in [1.82, 2.24) is 9.97 Å². The number of nitrogens with zero attached hydrogens (tertiary/aromatic N) is 2. The van der Waals surface area contributed by atoms with Gasteiger partial charge in [-0.3, -0.25) is 0 Å². The van der Waals surface area contributed by atoms with E-state index in [0.717, 1.165) is 50.0 Å². The number of fused-ring (bicyclic) bond motifs is 7. The Morgan fingerprint density at radius 1 is 0.441 bits per heavy atom. The normalized spacial score (nSPS) is 12.9. The van der Waals surface area contributed by atoms with Crippen LogP contribution in [0, 0.1) is 0 Å². The molecule has 0 amide bonds. The van der Waals surface area contributed by atoms with E-state index in [9.17, 15) is 0 Å². The molecule has 1 aliphatic carbocycles. The summed E-state index contributed by atoms with van der Waals surface area (Å²) in [5.74, 6) is 0.622. The first-order chi connectivity index (χ1) is 29.2. The van der Waals surface area contributed by atoms with Crippen molar-refractivity contribution in [2.75, 3.05) is 0 Å². The van der Waals surface area contributed by atoms with Gasteiger partial charge in [0.15, 0.2) is 5.82 Å². The predicted octanol–water partition coefficient (Wildman–Crippen LogP) is 14.6. The molecule has 3 nitrogen and oxygen atoms in total. The highest BCUT2D eigenvalue weighted by molar-refractivity contribution is 7.22. The third kappa shape index (κ3) is 5.20. The number of hydrogen-bond donors (Lipinski definition) is 0. The van der Waals surface area contributed by atoms with Crippen LogP contribution in [0.25, 0.3) is 87.5 Å². The quantitative estimate of drug-likeness (QED) is 0.169. The van der Waals surface area contributed by atoms with Crippen molar-refractivity contribution in [1.29, 1.82) is 0 Å². The third-order valence-electron chi connectivity index (χ3n) is 12.0. The van der Waals surface area contributed by atoms with Gasteiger partial charge in [0.1, 0.15) is 11.2 Å². The van der Waals surface area contributed by atoms with E-state index in [1.165, 1.54) is 53.9 Å². The monoisotopic (exact) mass is 770 g/mol. The SMILES string of the molecule is c1ccc(C2(c3ccccc3)c3ccccc3-c3c(-c4cc(-c5ccc(-c6cc7ccccc7s6)cc5)nc(-c5cccc6c5oc5ccccc56)n4)cccc32)cc1. The summed E-state index contributed by atoms with van der Waals surface area (Å²) in [5, 5.41) is 3.39. The van der Waals surface area contributed by atoms with E-state index in [4.69, 9.17) is 14.4 Å². The average Bonchev–Trinajstić information content (AvgIpc) is 4.01. The van der Waals surface area contributed by atoms with Gasteiger partial charge in [-0.15, -0.1) is 11.3 Å². The van der Waals surface area contributed by atoms with Gasteiger partial charge in [-0.2, -0.15) is 0 Å². The molecule has 0 N–H and O–H groups in total. The van der Waals surface area contributed by atoms with Crippen molar-refractivity contribution >= 4 is 43.4 Å². The van der Waals surface area contributed by atoms with E-state index >= 15 is 0 Å². The van der Waals surface area contributed by atoms with Crippen molar-refractivity contribution in [3.63, 3.8) is 0 Å². The van der Waals surface area contributed by atoms with Crippen LogP contribution in [0.4, 0.5) is 0 Å². The lowest BCUT2D eigenvalue weighted by Crippen LogP contribution is -2.28. The molecular weight excluding hydrogens is 737 g/mol. The van der Waals surface area contributed by atoms with E-state index in [1.807, 2.05) is 23.5 Å². The zero-order valence-electron chi connectivity index (χ0n) is 31.8. The lowest BCUT2D eigenvalue weighted by molar-refractivity contribution is 0.669. The molecule has 3 heterocycles. The van der Waals surface area contributed by atoms with Crippen molar-refractivity contribution in [3.05, 3.63) is 229 Å². The van der Waals surface area contributed by atoms with Crippen LogP contribution in [-0.4, -0.2) is 9.97 Å². The van der Waals surface area contributed by atoms with Crippen LogP contribution in [-0.2, 0) is 5.41 Å². The summed E-state index contributed by atoms with van der Waals surface area (Å²) in [7, 11) is 0. The van der Waals surface area contributed by atoms with Gasteiger partial charge < -0.3 is 4.42 Å². The molecule has 1 aliphatic rings. The van der Waals surface area contributed by atoms with Crippen LogP contribution in [0.3, 0.4) is 0 Å². The highest BCUT2D eigenvalue weighted by Crippen LogP contribution is 2.58. The lowest BCUT2D eigenvalue weighted by atomic mass is 9.67. The maximum Gasteiger partial charge on any atom is 0.164 e. The maximum atomic E-state index is 6.59. The van der Waals surface area contributed by atoms with E-state index in [0.29, 0.717) is 5.82 Å². The van der Waals surface area contributed by atoms with E-state index < -0.39 is 5.41 Å². The zero-order valence-corrected chi connectivity index (χ0v) is 32.7. The Hall–Kier alpha value is -7.40. The maximum absolute atomic E-state index is 6.59. The summed E-state index contributed by atoms with van der Waals surface area (Å²) < 4.78 is 7.87. The fourth-order valence-corrected chi connectivity index (χ4v) is 10.5. The molecule has 59 heavy (non-hydrogen) atoms. The van der Waals surface area contributed by atoms with Gasteiger partial charge in [0.25, 0.3) is 0 Å². The number of aromatic nitrogens is 2. The van der Waals surface area contributed by atoms with Gasteiger partial charge in [0.2, 0.25) is 0 Å². The van der Waals surface area contributed by atoms with Crippen LogP contribution < -0.4 is 0 Å². The Morgan fingerprint density at radius 3 is 1.86 bits per heavy atom. The van der Waals surface area contributed by atoms with E-state index in [1.54, 1.807) is 0 Å². The molecule has 0 saturated carbocycles. The molecule has 0 atom stereocenters. The molecule has 0 saturated heterocycles. The minimum atomic E-state index is -0.522. The van der Waals surface area contributed by atoms with Crippen molar-refractivity contribution < 1.29 is 4.42 Å². The second kappa shape index (κ2) is 13.3. The molecule has 0 aliphatic heterocycles. The van der Waals surface area contributed by atoms with Crippen LogP contribution >= 0.6 is 11.3 Å². The van der Waals surface area contributed by atoms with Gasteiger partial charge in [0, 0.05) is 31.5 Å². The van der Waals surface area contributed by atoms with Gasteiger partial charge >= 0.3 is 0 Å². The number of rotatable bonds is 6. The molecule has 4 heteroatoms. The van der Waals surface area contributed by atoms with Gasteiger partial charge in [-0.1, -0.05) is 176 Å². The Balaban J connectivity index is 1.10. The zero-order chi connectivity index (χ0) is 38.9. The summed E-state index contributed by atoms with van der Waals surface area (Å²) in [5.41, 5.74) is 14.3. The second-order valence-corrected chi connectivity index (χ2v) is 16.3. The number of thiophene rings is 1. The number of benzene rings is 8. The molecule has 11 aromatic rings. The molecule has 0 spiro atoms. The summed E-state index contributed by atoms with van der Waals surface area (Å²) in [6, 6.07) is 73.8. The average molecular weight is 771 g/mol. The summed E-state index contributed by atoms with van der Waals surface area (Å²) in [4.78, 5) is 12.1. The van der Waals surface area contributed by atoms with Crippen molar-refractivity contribution in [2.45, 2.75) is 5.41 Å². The standard InChI is InChI=1S/C55H34N2OS/c1-3-16-38(17-4-1)55(39-18-5-2-6-19-39)45-25-10-8-21-42(45)52-43(23-14-26-46(52)55)48-34-47(35-29-31-36(32-30-35)51-33-37-15-7-12-28-50(37)59-51)56-54(57-48)44-24-13-22-41-40-20-9-11-27-49(40)58-53(41)44/h1-34H. The Labute approximate surface area is 345 Å². The molecule has 276 valence electrons. The molecule has 0 unspecified atom stereocenters. The third-order valence-corrected chi connectivity index (χ3v) is 13.2. The minimum absolute atomic E-state index is 0.522. The summed E-state index contributed by atoms with van der Waals surface area (Å²) in [6.45, 7) is 0. The highest BCUT2D eigenvalue weighted by Gasteiger charge is 2.46. The highest BCUT2D eigenvalue weighted by atomic mass is 32.1.